The van der Waals surface area contributed by atoms with Crippen molar-refractivity contribution < 1.29 is 40.2 Å². The highest BCUT2D eigenvalue weighted by atomic mass is 19.4. The van der Waals surface area contributed by atoms with Crippen LogP contribution in [0, 0.1) is 11.6 Å². The fourth-order valence-corrected chi connectivity index (χ4v) is 3.32. The van der Waals surface area contributed by atoms with Crippen molar-refractivity contribution in [2.45, 2.75) is 17.8 Å². The van der Waals surface area contributed by atoms with Gasteiger partial charge in [-0.1, -0.05) is 6.07 Å². The topological polar surface area (TPSA) is 125 Å². The molecule has 198 valence electrons. The van der Waals surface area contributed by atoms with Crippen molar-refractivity contribution in [2.24, 2.45) is 22.5 Å². The first-order chi connectivity index (χ1) is 17.2. The van der Waals surface area contributed by atoms with Gasteiger partial charge in [-0.15, -0.1) is 13.2 Å². The molecule has 1 heterocycles. The van der Waals surface area contributed by atoms with E-state index in [1.165, 1.54) is 0 Å². The maximum absolute atomic E-state index is 15.8. The van der Waals surface area contributed by atoms with E-state index < -0.39 is 53.0 Å². The number of pyridine rings is 1. The Balaban J connectivity index is 1.89. The molecule has 0 saturated carbocycles. The van der Waals surface area contributed by atoms with Gasteiger partial charge in [-0.3, -0.25) is 9.99 Å². The molecule has 0 amide bonds. The van der Waals surface area contributed by atoms with Gasteiger partial charge in [0.2, 0.25) is 0 Å². The van der Waals surface area contributed by atoms with Gasteiger partial charge in [0.1, 0.15) is 46.5 Å². The summed E-state index contributed by atoms with van der Waals surface area (Å²) in [6.45, 7) is -0.921. The van der Waals surface area contributed by atoms with Crippen molar-refractivity contribution in [1.29, 1.82) is 0 Å². The van der Waals surface area contributed by atoms with Crippen LogP contribution >= 0.6 is 0 Å². The summed E-state index contributed by atoms with van der Waals surface area (Å²) in [4.78, 5) is 3.66. The molecule has 37 heavy (non-hydrogen) atoms. The molecule has 0 aliphatic heterocycles. The standard InChI is InChI=1S/C22H19F7N6O2/c23-13-1-7-17(18(24)9-13)20(30,11-35(32)12-34-31)21(25,26)19-8-6-16(10-33-19)36-14-2-4-15(5-3-14)37-22(27,28)29/h1-10,12H,11,30-32H2/b34-12-. The third-order valence-corrected chi connectivity index (χ3v) is 4.97. The van der Waals surface area contributed by atoms with Gasteiger partial charge in [-0.05, 0) is 42.5 Å². The number of alkyl halides is 5. The van der Waals surface area contributed by atoms with Crippen LogP contribution in [0.25, 0.3) is 0 Å². The average molecular weight is 532 g/mol. The third-order valence-electron chi connectivity index (χ3n) is 4.97. The summed E-state index contributed by atoms with van der Waals surface area (Å²) in [5.41, 5.74) is 1.47. The van der Waals surface area contributed by atoms with Crippen molar-refractivity contribution in [2.75, 3.05) is 6.54 Å². The molecular weight excluding hydrogens is 513 g/mol. The predicted octanol–water partition coefficient (Wildman–Crippen LogP) is 4.07. The van der Waals surface area contributed by atoms with Crippen LogP contribution in [0.3, 0.4) is 0 Å². The van der Waals surface area contributed by atoms with E-state index in [2.05, 4.69) is 14.8 Å². The zero-order chi connectivity index (χ0) is 27.4. The van der Waals surface area contributed by atoms with Gasteiger partial charge >= 0.3 is 12.3 Å². The quantitative estimate of drug-likeness (QED) is 0.125. The molecule has 0 saturated heterocycles. The summed E-state index contributed by atoms with van der Waals surface area (Å²) < 4.78 is 105. The van der Waals surface area contributed by atoms with Crippen LogP contribution in [0.2, 0.25) is 0 Å². The first-order valence-electron chi connectivity index (χ1n) is 10.1. The number of ether oxygens (including phenoxy) is 2. The molecule has 15 heteroatoms. The van der Waals surface area contributed by atoms with Crippen LogP contribution in [-0.2, 0) is 11.5 Å². The fraction of sp³-hybridized carbons (Fsp3) is 0.182. The van der Waals surface area contributed by atoms with Gasteiger partial charge in [0.15, 0.2) is 0 Å². The van der Waals surface area contributed by atoms with Gasteiger partial charge in [0, 0.05) is 11.6 Å². The second kappa shape index (κ2) is 10.5. The number of aromatic nitrogens is 1. The second-order valence-corrected chi connectivity index (χ2v) is 7.61. The molecule has 1 unspecified atom stereocenters. The SMILES string of the molecule is N/N=C\N(N)CC(N)(c1ccc(F)cc1F)C(F)(F)c1ccc(Oc2ccc(OC(F)(F)F)cc2)cn1. The minimum Gasteiger partial charge on any atom is -0.456 e. The van der Waals surface area contributed by atoms with Crippen LogP contribution in [0.1, 0.15) is 11.3 Å². The summed E-state index contributed by atoms with van der Waals surface area (Å²) in [6, 6.07) is 8.11. The van der Waals surface area contributed by atoms with E-state index in [4.69, 9.17) is 22.2 Å². The van der Waals surface area contributed by atoms with Gasteiger partial charge in [0.25, 0.3) is 0 Å². The summed E-state index contributed by atoms with van der Waals surface area (Å²) in [5, 5.41) is 3.70. The van der Waals surface area contributed by atoms with Crippen molar-refractivity contribution in [1.82, 2.24) is 9.99 Å². The Morgan fingerprint density at radius 1 is 0.919 bits per heavy atom. The Hall–Kier alpha value is -4.11. The van der Waals surface area contributed by atoms with Crippen LogP contribution < -0.4 is 26.9 Å². The minimum absolute atomic E-state index is 0.0530. The first-order valence-corrected chi connectivity index (χ1v) is 10.1. The Bertz CT molecular complexity index is 1240. The third kappa shape index (κ3) is 6.37. The summed E-state index contributed by atoms with van der Waals surface area (Å²) in [6.07, 6.45) is -3.21. The molecule has 0 fully saturated rings. The number of benzene rings is 2. The molecule has 6 N–H and O–H groups in total. The molecule has 0 aliphatic carbocycles. The van der Waals surface area contributed by atoms with E-state index in [0.717, 1.165) is 61.1 Å². The van der Waals surface area contributed by atoms with Crippen LogP contribution in [0.4, 0.5) is 30.7 Å². The number of nitrogens with zero attached hydrogens (tertiary/aromatic N) is 3. The van der Waals surface area contributed by atoms with E-state index in [0.29, 0.717) is 11.1 Å². The molecule has 2 aromatic carbocycles. The largest absolute Gasteiger partial charge is 0.573 e. The predicted molar refractivity (Wildman–Crippen MR) is 117 cm³/mol. The lowest BCUT2D eigenvalue weighted by Crippen LogP contribution is -2.59. The highest BCUT2D eigenvalue weighted by molar-refractivity contribution is 5.54. The van der Waals surface area contributed by atoms with E-state index in [9.17, 15) is 22.0 Å². The average Bonchev–Trinajstić information content (AvgIpc) is 2.79. The molecule has 0 bridgehead atoms. The highest BCUT2D eigenvalue weighted by Gasteiger charge is 2.56. The first kappa shape index (κ1) is 27.5. The number of nitrogens with two attached hydrogens (primary N) is 3. The Morgan fingerprint density at radius 3 is 2.08 bits per heavy atom. The lowest BCUT2D eigenvalue weighted by Gasteiger charge is -2.39. The number of hydrogen-bond donors (Lipinski definition) is 3. The highest BCUT2D eigenvalue weighted by Crippen LogP contribution is 2.44. The lowest BCUT2D eigenvalue weighted by atomic mass is 9.82. The Kier molecular flexibility index (Phi) is 7.78. The van der Waals surface area contributed by atoms with Crippen LogP contribution in [-0.4, -0.2) is 29.2 Å². The van der Waals surface area contributed by atoms with Gasteiger partial charge < -0.3 is 21.1 Å². The zero-order valence-corrected chi connectivity index (χ0v) is 18.6. The van der Waals surface area contributed by atoms with Crippen molar-refractivity contribution >= 4 is 6.34 Å². The normalized spacial score (nSPS) is 13.9. The summed E-state index contributed by atoms with van der Waals surface area (Å²) in [7, 11) is 0. The molecule has 3 rings (SSSR count). The molecule has 1 atom stereocenters. The number of halogens is 7. The monoisotopic (exact) mass is 532 g/mol. The van der Waals surface area contributed by atoms with Crippen LogP contribution in [0.5, 0.6) is 17.2 Å². The Morgan fingerprint density at radius 2 is 1.54 bits per heavy atom. The van der Waals surface area contributed by atoms with E-state index >= 15 is 8.78 Å². The van der Waals surface area contributed by atoms with Gasteiger partial charge in [-0.25, -0.2) is 14.6 Å². The van der Waals surface area contributed by atoms with Gasteiger partial charge in [0.05, 0.1) is 12.7 Å². The molecule has 8 nitrogen and oxygen atoms in total. The van der Waals surface area contributed by atoms with Crippen molar-refractivity contribution in [3.63, 3.8) is 0 Å². The van der Waals surface area contributed by atoms with Crippen molar-refractivity contribution in [3.05, 3.63) is 83.7 Å². The van der Waals surface area contributed by atoms with Crippen LogP contribution in [0.15, 0.2) is 65.9 Å². The molecule has 3 aromatic rings. The minimum atomic E-state index is -4.87. The molecular formula is C22H19F7N6O2. The van der Waals surface area contributed by atoms with E-state index in [1.54, 1.807) is 0 Å². The maximum Gasteiger partial charge on any atom is 0.573 e. The van der Waals surface area contributed by atoms with E-state index in [1.807, 2.05) is 0 Å². The summed E-state index contributed by atoms with van der Waals surface area (Å²) in [5.74, 6) is 3.62. The number of rotatable bonds is 9. The number of hydrogen-bond acceptors (Lipinski definition) is 7. The number of hydrazone groups is 1. The zero-order valence-electron chi connectivity index (χ0n) is 18.6. The summed E-state index contributed by atoms with van der Waals surface area (Å²) >= 11 is 0. The van der Waals surface area contributed by atoms with Gasteiger partial charge in [-0.2, -0.15) is 13.9 Å². The second-order valence-electron chi connectivity index (χ2n) is 7.61. The smallest absolute Gasteiger partial charge is 0.456 e. The lowest BCUT2D eigenvalue weighted by molar-refractivity contribution is -0.274. The van der Waals surface area contributed by atoms with E-state index in [-0.39, 0.29) is 11.5 Å². The van der Waals surface area contributed by atoms with Crippen molar-refractivity contribution in [3.8, 4) is 17.2 Å². The molecule has 1 aromatic heterocycles. The fourth-order valence-electron chi connectivity index (χ4n) is 3.32. The Labute approximate surface area is 205 Å². The molecule has 0 spiro atoms. The molecule has 0 aliphatic rings. The molecule has 0 radical (unpaired) electrons. The maximum atomic E-state index is 15.8. The number of hydrazine groups is 1.